The number of aryl methyl sites for hydroxylation is 1. The molecule has 0 saturated heterocycles. The molecule has 2 rings (SSSR count). The minimum Gasteiger partial charge on any atom is -0.354 e. The SMILES string of the molecule is Cc1ccc(N(CCCC(=O)N(Cc2ccc(F)cc2)C(C)C(=O)NCC(C)C)S(C)(=O)=O)cc1. The summed E-state index contributed by atoms with van der Waals surface area (Å²) in [5.41, 5.74) is 2.24. The Morgan fingerprint density at radius 1 is 1.00 bits per heavy atom. The molecule has 2 amide bonds. The Hall–Kier alpha value is -2.94. The summed E-state index contributed by atoms with van der Waals surface area (Å²) in [4.78, 5) is 27.4. The highest BCUT2D eigenvalue weighted by molar-refractivity contribution is 7.92. The van der Waals surface area contributed by atoms with Crippen molar-refractivity contribution in [2.45, 2.75) is 53.1 Å². The Labute approximate surface area is 208 Å². The highest BCUT2D eigenvalue weighted by Gasteiger charge is 2.26. The number of rotatable bonds is 12. The Morgan fingerprint density at radius 3 is 2.14 bits per heavy atom. The van der Waals surface area contributed by atoms with Crippen molar-refractivity contribution in [1.82, 2.24) is 10.2 Å². The maximum atomic E-state index is 13.3. The van der Waals surface area contributed by atoms with Gasteiger partial charge in [-0.2, -0.15) is 0 Å². The number of benzene rings is 2. The van der Waals surface area contributed by atoms with E-state index in [1.54, 1.807) is 31.2 Å². The second-order valence-electron chi connectivity index (χ2n) is 9.24. The maximum absolute atomic E-state index is 13.3. The first-order valence-electron chi connectivity index (χ1n) is 11.7. The molecule has 1 unspecified atom stereocenters. The van der Waals surface area contributed by atoms with E-state index in [1.165, 1.54) is 21.3 Å². The number of amides is 2. The van der Waals surface area contributed by atoms with Gasteiger partial charge >= 0.3 is 0 Å². The van der Waals surface area contributed by atoms with Crippen LogP contribution in [0.3, 0.4) is 0 Å². The molecule has 192 valence electrons. The van der Waals surface area contributed by atoms with E-state index < -0.39 is 16.1 Å². The van der Waals surface area contributed by atoms with Gasteiger partial charge < -0.3 is 10.2 Å². The molecular formula is C26H36FN3O4S. The second-order valence-corrected chi connectivity index (χ2v) is 11.1. The summed E-state index contributed by atoms with van der Waals surface area (Å²) in [6, 6.07) is 12.2. The molecule has 2 aromatic carbocycles. The van der Waals surface area contributed by atoms with Crippen LogP contribution in [0, 0.1) is 18.7 Å². The number of hydrogen-bond donors (Lipinski definition) is 1. The first-order chi connectivity index (χ1) is 16.4. The van der Waals surface area contributed by atoms with Crippen LogP contribution in [0.15, 0.2) is 48.5 Å². The van der Waals surface area contributed by atoms with Gasteiger partial charge in [-0.15, -0.1) is 0 Å². The summed E-state index contributed by atoms with van der Waals surface area (Å²) in [5.74, 6) is -0.673. The third-order valence-electron chi connectivity index (χ3n) is 5.59. The first-order valence-corrected chi connectivity index (χ1v) is 13.6. The van der Waals surface area contributed by atoms with Gasteiger partial charge in [0, 0.05) is 26.1 Å². The lowest BCUT2D eigenvalue weighted by Crippen LogP contribution is -2.48. The molecule has 1 atom stereocenters. The highest BCUT2D eigenvalue weighted by atomic mass is 32.2. The van der Waals surface area contributed by atoms with Crippen molar-refractivity contribution in [2.24, 2.45) is 5.92 Å². The zero-order chi connectivity index (χ0) is 26.2. The molecule has 0 saturated carbocycles. The minimum absolute atomic E-state index is 0.0564. The Kier molecular flexibility index (Phi) is 10.2. The normalized spacial score (nSPS) is 12.3. The number of nitrogens with one attached hydrogen (secondary N) is 1. The number of nitrogens with zero attached hydrogens (tertiary/aromatic N) is 2. The molecule has 7 nitrogen and oxygen atoms in total. The molecular weight excluding hydrogens is 469 g/mol. The van der Waals surface area contributed by atoms with E-state index in [0.29, 0.717) is 17.8 Å². The molecule has 0 bridgehead atoms. The van der Waals surface area contributed by atoms with Gasteiger partial charge in [-0.25, -0.2) is 12.8 Å². The highest BCUT2D eigenvalue weighted by Crippen LogP contribution is 2.20. The van der Waals surface area contributed by atoms with Crippen LogP contribution in [0.5, 0.6) is 0 Å². The van der Waals surface area contributed by atoms with Crippen molar-refractivity contribution in [3.8, 4) is 0 Å². The fraction of sp³-hybridized carbons (Fsp3) is 0.462. The molecule has 0 radical (unpaired) electrons. The molecule has 9 heteroatoms. The molecule has 0 spiro atoms. The van der Waals surface area contributed by atoms with E-state index in [-0.39, 0.29) is 49.5 Å². The Balaban J connectivity index is 2.14. The van der Waals surface area contributed by atoms with E-state index in [2.05, 4.69) is 5.32 Å². The molecule has 0 aliphatic carbocycles. The smallest absolute Gasteiger partial charge is 0.242 e. The van der Waals surface area contributed by atoms with Crippen molar-refractivity contribution >= 4 is 27.5 Å². The number of sulfonamides is 1. The quantitative estimate of drug-likeness (QED) is 0.475. The van der Waals surface area contributed by atoms with Gasteiger partial charge in [-0.3, -0.25) is 13.9 Å². The van der Waals surface area contributed by atoms with Crippen LogP contribution in [0.1, 0.15) is 44.7 Å². The second kappa shape index (κ2) is 12.7. The molecule has 0 fully saturated rings. The minimum atomic E-state index is -3.54. The van der Waals surface area contributed by atoms with E-state index >= 15 is 0 Å². The average molecular weight is 506 g/mol. The largest absolute Gasteiger partial charge is 0.354 e. The predicted octanol–water partition coefficient (Wildman–Crippen LogP) is 3.87. The number of halogens is 1. The summed E-state index contributed by atoms with van der Waals surface area (Å²) in [5, 5.41) is 2.85. The standard InChI is InChI=1S/C26H36FN3O4S/c1-19(2)17-28-26(32)21(4)29(18-22-10-12-23(27)13-11-22)25(31)7-6-16-30(35(5,33)34)24-14-8-20(3)9-15-24/h8-15,19,21H,6-7,16-18H2,1-5H3,(H,28,32). The van der Waals surface area contributed by atoms with Crippen molar-refractivity contribution in [3.63, 3.8) is 0 Å². The number of hydrogen-bond acceptors (Lipinski definition) is 4. The summed E-state index contributed by atoms with van der Waals surface area (Å²) in [6.45, 7) is 8.30. The zero-order valence-electron chi connectivity index (χ0n) is 21.1. The van der Waals surface area contributed by atoms with Gasteiger partial charge in [0.2, 0.25) is 21.8 Å². The van der Waals surface area contributed by atoms with Crippen molar-refractivity contribution in [1.29, 1.82) is 0 Å². The van der Waals surface area contributed by atoms with Crippen molar-refractivity contribution < 1.29 is 22.4 Å². The fourth-order valence-electron chi connectivity index (χ4n) is 3.54. The van der Waals surface area contributed by atoms with E-state index in [0.717, 1.165) is 11.8 Å². The predicted molar refractivity (Wildman–Crippen MR) is 137 cm³/mol. The van der Waals surface area contributed by atoms with Crippen LogP contribution in [0.2, 0.25) is 0 Å². The summed E-state index contributed by atoms with van der Waals surface area (Å²) in [7, 11) is -3.54. The van der Waals surface area contributed by atoms with Gasteiger partial charge in [0.15, 0.2) is 0 Å². The molecule has 2 aromatic rings. The Bertz CT molecular complexity index is 1090. The molecule has 0 aliphatic heterocycles. The number of carbonyl (C=O) groups is 2. The van der Waals surface area contributed by atoms with Gasteiger partial charge in [-0.1, -0.05) is 43.7 Å². The van der Waals surface area contributed by atoms with E-state index in [1.807, 2.05) is 32.9 Å². The van der Waals surface area contributed by atoms with Gasteiger partial charge in [0.1, 0.15) is 11.9 Å². The van der Waals surface area contributed by atoms with Crippen LogP contribution >= 0.6 is 0 Å². The molecule has 35 heavy (non-hydrogen) atoms. The van der Waals surface area contributed by atoms with Crippen LogP contribution in [0.4, 0.5) is 10.1 Å². The molecule has 0 aliphatic rings. The first kappa shape index (κ1) is 28.3. The number of carbonyl (C=O) groups excluding carboxylic acids is 2. The molecule has 0 aromatic heterocycles. The third kappa shape index (κ3) is 8.98. The topological polar surface area (TPSA) is 86.8 Å². The van der Waals surface area contributed by atoms with E-state index in [4.69, 9.17) is 0 Å². The van der Waals surface area contributed by atoms with Crippen LogP contribution in [0.25, 0.3) is 0 Å². The van der Waals surface area contributed by atoms with Crippen molar-refractivity contribution in [2.75, 3.05) is 23.7 Å². The molecule has 0 heterocycles. The monoisotopic (exact) mass is 505 g/mol. The third-order valence-corrected chi connectivity index (χ3v) is 6.79. The van der Waals surface area contributed by atoms with Crippen LogP contribution < -0.4 is 9.62 Å². The summed E-state index contributed by atoms with van der Waals surface area (Å²) in [6.07, 6.45) is 1.47. The van der Waals surface area contributed by atoms with Gasteiger partial charge in [0.05, 0.1) is 11.9 Å². The fourth-order valence-corrected chi connectivity index (χ4v) is 4.50. The zero-order valence-corrected chi connectivity index (χ0v) is 21.9. The lowest BCUT2D eigenvalue weighted by molar-refractivity contribution is -0.140. The van der Waals surface area contributed by atoms with Gasteiger partial charge in [0.25, 0.3) is 0 Å². The molecule has 1 N–H and O–H groups in total. The van der Waals surface area contributed by atoms with Gasteiger partial charge in [-0.05, 0) is 56.0 Å². The summed E-state index contributed by atoms with van der Waals surface area (Å²) < 4.78 is 39.4. The summed E-state index contributed by atoms with van der Waals surface area (Å²) >= 11 is 0. The lowest BCUT2D eigenvalue weighted by Gasteiger charge is -2.29. The van der Waals surface area contributed by atoms with Crippen molar-refractivity contribution in [3.05, 3.63) is 65.5 Å². The van der Waals surface area contributed by atoms with Crippen LogP contribution in [-0.4, -0.2) is 50.5 Å². The maximum Gasteiger partial charge on any atom is 0.242 e. The lowest BCUT2D eigenvalue weighted by atomic mass is 10.1. The Morgan fingerprint density at radius 2 is 1.60 bits per heavy atom. The average Bonchev–Trinajstić information content (AvgIpc) is 2.79. The van der Waals surface area contributed by atoms with E-state index in [9.17, 15) is 22.4 Å². The van der Waals surface area contributed by atoms with Crippen LogP contribution in [-0.2, 0) is 26.2 Å². The number of anilines is 1.